The first-order valence-electron chi connectivity index (χ1n) is 4.54. The fourth-order valence-electron chi connectivity index (χ4n) is 1.78. The molecular weight excluding hydrogens is 198 g/mol. The van der Waals surface area contributed by atoms with Crippen molar-refractivity contribution in [1.82, 2.24) is 5.32 Å². The molecule has 15 heavy (non-hydrogen) atoms. The summed E-state index contributed by atoms with van der Waals surface area (Å²) in [6.07, 6.45) is 0.244. The van der Waals surface area contributed by atoms with E-state index in [0.717, 1.165) is 0 Å². The number of hydrogen-bond acceptors (Lipinski definition) is 4. The largest absolute Gasteiger partial charge is 0.480 e. The molecule has 0 bridgehead atoms. The van der Waals surface area contributed by atoms with E-state index < -0.39 is 17.9 Å². The Hall–Kier alpha value is -1.43. The molecule has 0 saturated carbocycles. The maximum Gasteiger partial charge on any atom is 0.321 e. The van der Waals surface area contributed by atoms with E-state index in [1.54, 1.807) is 24.3 Å². The normalized spacial score (nSPS) is 23.2. The number of aliphatic carboxylic acids is 1. The fourth-order valence-corrected chi connectivity index (χ4v) is 1.78. The van der Waals surface area contributed by atoms with Crippen LogP contribution in [-0.4, -0.2) is 27.3 Å². The van der Waals surface area contributed by atoms with Crippen molar-refractivity contribution in [1.29, 1.82) is 0 Å². The molecular formula is C10H11NO4. The van der Waals surface area contributed by atoms with Crippen LogP contribution in [0.15, 0.2) is 24.3 Å². The van der Waals surface area contributed by atoms with E-state index in [0.29, 0.717) is 11.1 Å². The van der Waals surface area contributed by atoms with Crippen molar-refractivity contribution in [3.05, 3.63) is 35.4 Å². The molecule has 1 atom stereocenters. The first-order valence-corrected chi connectivity index (χ1v) is 4.54. The summed E-state index contributed by atoms with van der Waals surface area (Å²) in [7, 11) is 0. The van der Waals surface area contributed by atoms with E-state index in [1.165, 1.54) is 0 Å². The molecule has 4 N–H and O–H groups in total. The topological polar surface area (TPSA) is 89.8 Å². The third kappa shape index (κ3) is 1.72. The first-order chi connectivity index (χ1) is 7.00. The summed E-state index contributed by atoms with van der Waals surface area (Å²) < 4.78 is 0. The SMILES string of the molecule is O=C(O)C1Cc2ccccc2C(O)(O)N1. The van der Waals surface area contributed by atoms with Crippen LogP contribution in [-0.2, 0) is 17.1 Å². The molecule has 0 aliphatic carbocycles. The van der Waals surface area contributed by atoms with E-state index in [9.17, 15) is 15.0 Å². The molecule has 1 unspecified atom stereocenters. The van der Waals surface area contributed by atoms with Gasteiger partial charge in [0.05, 0.1) is 0 Å². The lowest BCUT2D eigenvalue weighted by molar-refractivity contribution is -0.209. The van der Waals surface area contributed by atoms with Crippen LogP contribution in [0.5, 0.6) is 0 Å². The summed E-state index contributed by atoms with van der Waals surface area (Å²) in [6.45, 7) is 0. The number of benzene rings is 1. The Morgan fingerprint density at radius 1 is 1.40 bits per heavy atom. The lowest BCUT2D eigenvalue weighted by Gasteiger charge is -2.33. The molecule has 0 spiro atoms. The van der Waals surface area contributed by atoms with Gasteiger partial charge in [0.15, 0.2) is 0 Å². The van der Waals surface area contributed by atoms with Crippen molar-refractivity contribution in [3.63, 3.8) is 0 Å². The van der Waals surface area contributed by atoms with Gasteiger partial charge in [-0.25, -0.2) is 5.32 Å². The summed E-state index contributed by atoms with van der Waals surface area (Å²) in [5.74, 6) is -3.37. The van der Waals surface area contributed by atoms with Crippen LogP contribution >= 0.6 is 0 Å². The van der Waals surface area contributed by atoms with Crippen LogP contribution in [0.2, 0.25) is 0 Å². The van der Waals surface area contributed by atoms with Gasteiger partial charge >= 0.3 is 5.97 Å². The molecule has 0 fully saturated rings. The van der Waals surface area contributed by atoms with Crippen molar-refractivity contribution in [2.75, 3.05) is 0 Å². The molecule has 0 saturated heterocycles. The average molecular weight is 209 g/mol. The summed E-state index contributed by atoms with van der Waals surface area (Å²) in [5.41, 5.74) is 0.941. The van der Waals surface area contributed by atoms with Crippen molar-refractivity contribution in [2.45, 2.75) is 18.4 Å². The van der Waals surface area contributed by atoms with Crippen LogP contribution in [0, 0.1) is 0 Å². The Bertz CT molecular complexity index is 402. The minimum atomic E-state index is -2.27. The number of carbonyl (C=O) groups is 1. The van der Waals surface area contributed by atoms with Crippen LogP contribution in [0.4, 0.5) is 0 Å². The Labute approximate surface area is 86.0 Å². The third-order valence-corrected chi connectivity index (χ3v) is 2.49. The number of nitrogens with one attached hydrogen (secondary N) is 1. The lowest BCUT2D eigenvalue weighted by Crippen LogP contribution is -2.55. The highest BCUT2D eigenvalue weighted by atomic mass is 16.5. The zero-order valence-electron chi connectivity index (χ0n) is 7.84. The standard InChI is InChI=1S/C10H11NO4/c12-9(13)8-5-6-3-1-2-4-7(6)10(14,15)11-8/h1-4,8,11,14-15H,5H2,(H,12,13). The second kappa shape index (κ2) is 3.30. The Morgan fingerprint density at radius 3 is 2.73 bits per heavy atom. The lowest BCUT2D eigenvalue weighted by atomic mass is 9.93. The molecule has 0 radical (unpaired) electrons. The van der Waals surface area contributed by atoms with Gasteiger partial charge in [-0.2, -0.15) is 0 Å². The van der Waals surface area contributed by atoms with Gasteiger partial charge in [0.25, 0.3) is 5.91 Å². The Kier molecular flexibility index (Phi) is 2.22. The number of carboxylic acids is 1. The van der Waals surface area contributed by atoms with E-state index >= 15 is 0 Å². The van der Waals surface area contributed by atoms with Gasteiger partial charge in [0.2, 0.25) is 0 Å². The van der Waals surface area contributed by atoms with Crippen molar-refractivity contribution in [3.8, 4) is 0 Å². The highest BCUT2D eigenvalue weighted by Crippen LogP contribution is 2.26. The molecule has 1 aromatic carbocycles. The van der Waals surface area contributed by atoms with E-state index in [1.807, 2.05) is 0 Å². The summed E-state index contributed by atoms with van der Waals surface area (Å²) >= 11 is 0. The van der Waals surface area contributed by atoms with Crippen LogP contribution < -0.4 is 5.32 Å². The van der Waals surface area contributed by atoms with Gasteiger partial charge in [0, 0.05) is 5.56 Å². The molecule has 0 amide bonds. The minimum Gasteiger partial charge on any atom is -0.480 e. The zero-order chi connectivity index (χ0) is 11.1. The predicted molar refractivity (Wildman–Crippen MR) is 50.8 cm³/mol. The molecule has 5 heteroatoms. The second-order valence-electron chi connectivity index (χ2n) is 3.57. The number of aliphatic hydroxyl groups is 2. The number of fused-ring (bicyclic) bond motifs is 1. The quantitative estimate of drug-likeness (QED) is 0.463. The van der Waals surface area contributed by atoms with Crippen molar-refractivity contribution >= 4 is 5.97 Å². The molecule has 5 nitrogen and oxygen atoms in total. The van der Waals surface area contributed by atoms with Crippen LogP contribution in [0.1, 0.15) is 11.1 Å². The fraction of sp³-hybridized carbons (Fsp3) is 0.300. The van der Waals surface area contributed by atoms with Gasteiger partial charge in [0.1, 0.15) is 6.04 Å². The monoisotopic (exact) mass is 209 g/mol. The third-order valence-electron chi connectivity index (χ3n) is 2.49. The zero-order valence-corrected chi connectivity index (χ0v) is 7.84. The van der Waals surface area contributed by atoms with Crippen LogP contribution in [0.25, 0.3) is 0 Å². The van der Waals surface area contributed by atoms with Crippen LogP contribution in [0.3, 0.4) is 0 Å². The van der Waals surface area contributed by atoms with Gasteiger partial charge in [-0.3, -0.25) is 4.79 Å². The van der Waals surface area contributed by atoms with Crippen molar-refractivity contribution < 1.29 is 20.1 Å². The highest BCUT2D eigenvalue weighted by molar-refractivity contribution is 5.74. The molecule has 1 aliphatic heterocycles. The number of carboxylic acid groups (broad SMARTS) is 1. The maximum atomic E-state index is 10.8. The number of hydrogen-bond donors (Lipinski definition) is 4. The Morgan fingerprint density at radius 2 is 2.07 bits per heavy atom. The average Bonchev–Trinajstić information content (AvgIpc) is 2.16. The van der Waals surface area contributed by atoms with E-state index in [-0.39, 0.29) is 6.42 Å². The second-order valence-corrected chi connectivity index (χ2v) is 3.57. The highest BCUT2D eigenvalue weighted by Gasteiger charge is 2.38. The first kappa shape index (κ1) is 10.1. The van der Waals surface area contributed by atoms with E-state index in [4.69, 9.17) is 5.11 Å². The van der Waals surface area contributed by atoms with E-state index in [2.05, 4.69) is 5.32 Å². The molecule has 1 aliphatic rings. The number of rotatable bonds is 1. The maximum absolute atomic E-state index is 10.8. The van der Waals surface area contributed by atoms with Gasteiger partial charge in [-0.05, 0) is 12.0 Å². The predicted octanol–water partition coefficient (Wildman–Crippen LogP) is -0.620. The summed E-state index contributed by atoms with van der Waals surface area (Å²) in [4.78, 5) is 10.8. The Balaban J connectivity index is 2.43. The van der Waals surface area contributed by atoms with Gasteiger partial charge in [-0.1, -0.05) is 24.3 Å². The van der Waals surface area contributed by atoms with Gasteiger partial charge in [-0.15, -0.1) is 0 Å². The molecule has 80 valence electrons. The molecule has 0 aromatic heterocycles. The molecule has 2 rings (SSSR count). The summed E-state index contributed by atoms with van der Waals surface area (Å²) in [5, 5.41) is 30.3. The molecule has 1 heterocycles. The molecule has 1 aromatic rings. The van der Waals surface area contributed by atoms with Gasteiger partial charge < -0.3 is 15.3 Å². The smallest absolute Gasteiger partial charge is 0.321 e. The van der Waals surface area contributed by atoms with Crippen molar-refractivity contribution in [2.24, 2.45) is 0 Å². The summed E-state index contributed by atoms with van der Waals surface area (Å²) in [6, 6.07) is 5.67. The minimum absolute atomic E-state index is 0.244.